The van der Waals surface area contributed by atoms with Crippen molar-refractivity contribution in [2.24, 2.45) is 0 Å². The molecule has 1 N–H and O–H groups in total. The van der Waals surface area contributed by atoms with Crippen LogP contribution in [0.25, 0.3) is 11.4 Å². The minimum absolute atomic E-state index is 0.000593. The second-order valence-corrected chi connectivity index (χ2v) is 5.43. The van der Waals surface area contributed by atoms with E-state index in [4.69, 9.17) is 0 Å². The van der Waals surface area contributed by atoms with Crippen molar-refractivity contribution in [3.63, 3.8) is 0 Å². The average Bonchev–Trinajstić information content (AvgIpc) is 3.05. The van der Waals surface area contributed by atoms with Crippen molar-refractivity contribution in [1.82, 2.24) is 25.2 Å². The van der Waals surface area contributed by atoms with Gasteiger partial charge in [-0.15, -0.1) is 5.10 Å². The predicted molar refractivity (Wildman–Crippen MR) is 85.8 cm³/mol. The molecule has 0 saturated carbocycles. The molecule has 0 radical (unpaired) electrons. The van der Waals surface area contributed by atoms with E-state index < -0.39 is 5.82 Å². The van der Waals surface area contributed by atoms with E-state index in [1.807, 2.05) is 13.8 Å². The van der Waals surface area contributed by atoms with Gasteiger partial charge in [0.15, 0.2) is 5.82 Å². The summed E-state index contributed by atoms with van der Waals surface area (Å²) in [6.45, 7) is 3.81. The van der Waals surface area contributed by atoms with Crippen molar-refractivity contribution < 1.29 is 9.18 Å². The summed E-state index contributed by atoms with van der Waals surface area (Å²) in [5, 5.41) is 14.0. The number of nitrogens with zero attached hydrogens (tertiary/aromatic N) is 5. The fraction of sp³-hybridized carbons (Fsp3) is 0.188. The first-order chi connectivity index (χ1) is 11.6. The summed E-state index contributed by atoms with van der Waals surface area (Å²) < 4.78 is 16.0. The van der Waals surface area contributed by atoms with Crippen LogP contribution in [0.5, 0.6) is 0 Å². The summed E-state index contributed by atoms with van der Waals surface area (Å²) in [7, 11) is 0. The number of benzene rings is 1. The lowest BCUT2D eigenvalue weighted by molar-refractivity contribution is 0.102. The van der Waals surface area contributed by atoms with Crippen LogP contribution >= 0.6 is 0 Å². The molecule has 0 atom stereocenters. The van der Waals surface area contributed by atoms with E-state index in [2.05, 4.69) is 25.8 Å². The lowest BCUT2D eigenvalue weighted by Crippen LogP contribution is -2.12. The molecule has 3 rings (SSSR count). The highest BCUT2D eigenvalue weighted by Crippen LogP contribution is 2.25. The molecule has 1 amide bonds. The SMILES string of the molecule is CC(C)n1nnnc1-c1ccc(NC(=O)c2cccnc2)cc1F. The molecule has 0 saturated heterocycles. The van der Waals surface area contributed by atoms with E-state index in [0.29, 0.717) is 17.1 Å². The Balaban J connectivity index is 1.85. The number of hydrogen-bond acceptors (Lipinski definition) is 5. The fourth-order valence-electron chi connectivity index (χ4n) is 2.19. The van der Waals surface area contributed by atoms with Crippen LogP contribution in [0.3, 0.4) is 0 Å². The molecular formula is C16H15FN6O. The third kappa shape index (κ3) is 3.12. The molecule has 1 aromatic carbocycles. The fourth-order valence-corrected chi connectivity index (χ4v) is 2.19. The summed E-state index contributed by atoms with van der Waals surface area (Å²) in [5.41, 5.74) is 1.01. The van der Waals surface area contributed by atoms with Gasteiger partial charge in [-0.05, 0) is 54.6 Å². The Morgan fingerprint density at radius 3 is 2.79 bits per heavy atom. The number of anilines is 1. The molecular weight excluding hydrogens is 311 g/mol. The Kier molecular flexibility index (Phi) is 4.28. The molecule has 0 bridgehead atoms. The standard InChI is InChI=1S/C16H15FN6O/c1-10(2)23-15(20-21-22-23)13-6-5-12(8-14(13)17)19-16(24)11-4-3-7-18-9-11/h3-10H,1-2H3,(H,19,24). The number of amides is 1. The number of nitrogens with one attached hydrogen (secondary N) is 1. The molecule has 0 unspecified atom stereocenters. The van der Waals surface area contributed by atoms with Gasteiger partial charge >= 0.3 is 0 Å². The molecule has 24 heavy (non-hydrogen) atoms. The molecule has 122 valence electrons. The highest BCUT2D eigenvalue weighted by Gasteiger charge is 2.16. The van der Waals surface area contributed by atoms with Gasteiger partial charge in [-0.1, -0.05) is 0 Å². The lowest BCUT2D eigenvalue weighted by Gasteiger charge is -2.10. The number of carbonyl (C=O) groups is 1. The first-order valence-electron chi connectivity index (χ1n) is 7.35. The van der Waals surface area contributed by atoms with Crippen LogP contribution in [0.4, 0.5) is 10.1 Å². The second kappa shape index (κ2) is 6.53. The van der Waals surface area contributed by atoms with E-state index in [0.717, 1.165) is 0 Å². The Morgan fingerprint density at radius 2 is 2.12 bits per heavy atom. The van der Waals surface area contributed by atoms with Crippen molar-refractivity contribution in [3.8, 4) is 11.4 Å². The number of pyridine rings is 1. The number of carbonyl (C=O) groups excluding carboxylic acids is 1. The quantitative estimate of drug-likeness (QED) is 0.796. The number of halogens is 1. The van der Waals surface area contributed by atoms with Gasteiger partial charge in [0.25, 0.3) is 5.91 Å². The number of hydrogen-bond donors (Lipinski definition) is 1. The van der Waals surface area contributed by atoms with Gasteiger partial charge in [0.2, 0.25) is 0 Å². The number of tetrazole rings is 1. The Hall–Kier alpha value is -3.16. The van der Waals surface area contributed by atoms with Crippen LogP contribution in [-0.2, 0) is 0 Å². The summed E-state index contributed by atoms with van der Waals surface area (Å²) in [6, 6.07) is 7.67. The zero-order chi connectivity index (χ0) is 17.1. The molecule has 8 heteroatoms. The van der Waals surface area contributed by atoms with E-state index >= 15 is 0 Å². The van der Waals surface area contributed by atoms with E-state index in [-0.39, 0.29) is 17.5 Å². The number of aromatic nitrogens is 5. The van der Waals surface area contributed by atoms with Gasteiger partial charge in [-0.2, -0.15) is 0 Å². The first-order valence-corrected chi connectivity index (χ1v) is 7.35. The van der Waals surface area contributed by atoms with Crippen molar-refractivity contribution in [2.45, 2.75) is 19.9 Å². The Labute approximate surface area is 137 Å². The summed E-state index contributed by atoms with van der Waals surface area (Å²) in [6.07, 6.45) is 3.01. The molecule has 0 aliphatic carbocycles. The molecule has 7 nitrogen and oxygen atoms in total. The molecule has 2 heterocycles. The van der Waals surface area contributed by atoms with Crippen LogP contribution in [0, 0.1) is 5.82 Å². The summed E-state index contributed by atoms with van der Waals surface area (Å²) in [5.74, 6) is -0.536. The molecule has 3 aromatic rings. The third-order valence-electron chi connectivity index (χ3n) is 3.37. The first kappa shape index (κ1) is 15.7. The normalized spacial score (nSPS) is 10.8. The lowest BCUT2D eigenvalue weighted by atomic mass is 10.1. The maximum Gasteiger partial charge on any atom is 0.257 e. The predicted octanol–water partition coefficient (Wildman–Crippen LogP) is 2.71. The maximum absolute atomic E-state index is 14.4. The van der Waals surface area contributed by atoms with Crippen LogP contribution in [-0.4, -0.2) is 31.1 Å². The van der Waals surface area contributed by atoms with Crippen molar-refractivity contribution >= 4 is 11.6 Å². The van der Waals surface area contributed by atoms with Gasteiger partial charge in [0.05, 0.1) is 17.2 Å². The summed E-state index contributed by atoms with van der Waals surface area (Å²) in [4.78, 5) is 16.0. The van der Waals surface area contributed by atoms with Crippen molar-refractivity contribution in [2.75, 3.05) is 5.32 Å². The maximum atomic E-state index is 14.4. The zero-order valence-electron chi connectivity index (χ0n) is 13.1. The van der Waals surface area contributed by atoms with Gasteiger partial charge in [0.1, 0.15) is 5.82 Å². The molecule has 0 aliphatic heterocycles. The second-order valence-electron chi connectivity index (χ2n) is 5.43. The van der Waals surface area contributed by atoms with Crippen molar-refractivity contribution in [3.05, 3.63) is 54.1 Å². The topological polar surface area (TPSA) is 85.6 Å². The average molecular weight is 326 g/mol. The van der Waals surface area contributed by atoms with E-state index in [9.17, 15) is 9.18 Å². The Bertz CT molecular complexity index is 862. The van der Waals surface area contributed by atoms with Crippen molar-refractivity contribution in [1.29, 1.82) is 0 Å². The zero-order valence-corrected chi connectivity index (χ0v) is 13.1. The highest BCUT2D eigenvalue weighted by molar-refractivity contribution is 6.04. The van der Waals surface area contributed by atoms with Crippen LogP contribution in [0.1, 0.15) is 30.2 Å². The summed E-state index contributed by atoms with van der Waals surface area (Å²) >= 11 is 0. The minimum atomic E-state index is -0.518. The molecule has 0 aliphatic rings. The smallest absolute Gasteiger partial charge is 0.257 e. The molecule has 2 aromatic heterocycles. The molecule has 0 spiro atoms. The third-order valence-corrected chi connectivity index (χ3v) is 3.37. The largest absolute Gasteiger partial charge is 0.322 e. The van der Waals surface area contributed by atoms with E-state index in [1.54, 1.807) is 30.5 Å². The minimum Gasteiger partial charge on any atom is -0.322 e. The highest BCUT2D eigenvalue weighted by atomic mass is 19.1. The van der Waals surface area contributed by atoms with Crippen LogP contribution in [0.15, 0.2) is 42.7 Å². The van der Waals surface area contributed by atoms with Gasteiger partial charge < -0.3 is 5.32 Å². The van der Waals surface area contributed by atoms with Crippen LogP contribution < -0.4 is 5.32 Å². The number of rotatable bonds is 4. The monoisotopic (exact) mass is 326 g/mol. The Morgan fingerprint density at radius 1 is 1.29 bits per heavy atom. The van der Waals surface area contributed by atoms with Gasteiger partial charge in [0, 0.05) is 18.1 Å². The van der Waals surface area contributed by atoms with Gasteiger partial charge in [-0.3, -0.25) is 9.78 Å². The van der Waals surface area contributed by atoms with Gasteiger partial charge in [-0.25, -0.2) is 9.07 Å². The molecule has 0 fully saturated rings. The van der Waals surface area contributed by atoms with E-state index in [1.165, 1.54) is 16.9 Å². The van der Waals surface area contributed by atoms with Crippen LogP contribution in [0.2, 0.25) is 0 Å².